The molecule has 1 aliphatic carbocycles. The second-order valence-corrected chi connectivity index (χ2v) is 6.09. The van der Waals surface area contributed by atoms with Crippen molar-refractivity contribution in [1.29, 1.82) is 0 Å². The van der Waals surface area contributed by atoms with Crippen LogP contribution in [0.4, 0.5) is 0 Å². The molecule has 0 aromatic carbocycles. The Morgan fingerprint density at radius 2 is 1.89 bits per heavy atom. The maximum Gasteiger partial charge on any atom is 0.0599 e. The first kappa shape index (κ1) is 14.3. The number of ether oxygens (including phenoxy) is 1. The highest BCUT2D eigenvalue weighted by Gasteiger charge is 2.33. The molecule has 1 saturated carbocycles. The lowest BCUT2D eigenvalue weighted by Gasteiger charge is -2.45. The Balaban J connectivity index is 1.88. The highest BCUT2D eigenvalue weighted by Crippen LogP contribution is 2.32. The molecule has 0 spiro atoms. The predicted octanol–water partition coefficient (Wildman–Crippen LogP) is 2.39. The van der Waals surface area contributed by atoms with Crippen LogP contribution in [0.3, 0.4) is 0 Å². The fourth-order valence-electron chi connectivity index (χ4n) is 3.84. The van der Waals surface area contributed by atoms with E-state index in [1.54, 1.807) is 0 Å². The van der Waals surface area contributed by atoms with Crippen molar-refractivity contribution in [2.75, 3.05) is 20.2 Å². The summed E-state index contributed by atoms with van der Waals surface area (Å²) < 4.78 is 5.51. The van der Waals surface area contributed by atoms with E-state index in [9.17, 15) is 0 Å². The third-order valence-electron chi connectivity index (χ3n) is 5.18. The Hall–Kier alpha value is -0.120. The molecule has 2 rings (SSSR count). The summed E-state index contributed by atoms with van der Waals surface area (Å²) in [5.74, 6) is 0.981. The highest BCUT2D eigenvalue weighted by molar-refractivity contribution is 4.89. The third kappa shape index (κ3) is 3.25. The molecule has 106 valence electrons. The van der Waals surface area contributed by atoms with E-state index in [1.165, 1.54) is 45.1 Å². The number of hydrogen-bond acceptors (Lipinski definition) is 3. The Kier molecular flexibility index (Phi) is 5.46. The van der Waals surface area contributed by atoms with Crippen LogP contribution in [0.2, 0.25) is 0 Å². The van der Waals surface area contributed by atoms with Crippen molar-refractivity contribution in [3.05, 3.63) is 0 Å². The van der Waals surface area contributed by atoms with Gasteiger partial charge in [0.1, 0.15) is 0 Å². The standard InChI is InChI=1S/C15H30N2O/c1-3-12-4-6-13(7-5-12)17-9-8-15(18-2)10-14(17)11-16/h12-15H,3-11,16H2,1-2H3. The lowest BCUT2D eigenvalue weighted by Crippen LogP contribution is -2.53. The Morgan fingerprint density at radius 1 is 1.17 bits per heavy atom. The first-order valence-electron chi connectivity index (χ1n) is 7.77. The molecular weight excluding hydrogens is 224 g/mol. The van der Waals surface area contributed by atoms with Crippen molar-refractivity contribution in [3.63, 3.8) is 0 Å². The fraction of sp³-hybridized carbons (Fsp3) is 1.00. The monoisotopic (exact) mass is 254 g/mol. The van der Waals surface area contributed by atoms with Gasteiger partial charge < -0.3 is 10.5 Å². The molecule has 2 N–H and O–H groups in total. The molecule has 0 amide bonds. The van der Waals surface area contributed by atoms with Gasteiger partial charge in [0, 0.05) is 32.3 Å². The van der Waals surface area contributed by atoms with E-state index >= 15 is 0 Å². The van der Waals surface area contributed by atoms with Crippen LogP contribution in [0.15, 0.2) is 0 Å². The molecule has 1 heterocycles. The fourth-order valence-corrected chi connectivity index (χ4v) is 3.84. The van der Waals surface area contributed by atoms with Gasteiger partial charge in [-0.05, 0) is 44.4 Å². The normalized spacial score (nSPS) is 38.8. The number of nitrogens with zero attached hydrogens (tertiary/aromatic N) is 1. The molecule has 1 saturated heterocycles. The smallest absolute Gasteiger partial charge is 0.0599 e. The average Bonchev–Trinajstić information content (AvgIpc) is 2.46. The van der Waals surface area contributed by atoms with Crippen molar-refractivity contribution in [1.82, 2.24) is 4.90 Å². The second kappa shape index (κ2) is 6.88. The van der Waals surface area contributed by atoms with Gasteiger partial charge in [-0.3, -0.25) is 4.90 Å². The van der Waals surface area contributed by atoms with Crippen LogP contribution < -0.4 is 5.73 Å². The molecule has 0 bridgehead atoms. The van der Waals surface area contributed by atoms with E-state index in [1.807, 2.05) is 7.11 Å². The molecule has 3 nitrogen and oxygen atoms in total. The second-order valence-electron chi connectivity index (χ2n) is 6.09. The average molecular weight is 254 g/mol. The first-order valence-corrected chi connectivity index (χ1v) is 7.77. The third-order valence-corrected chi connectivity index (χ3v) is 5.18. The minimum absolute atomic E-state index is 0.432. The summed E-state index contributed by atoms with van der Waals surface area (Å²) in [5, 5.41) is 0. The van der Waals surface area contributed by atoms with Crippen LogP contribution in [0.5, 0.6) is 0 Å². The van der Waals surface area contributed by atoms with E-state index in [0.717, 1.165) is 24.9 Å². The predicted molar refractivity (Wildman–Crippen MR) is 75.6 cm³/mol. The molecule has 0 radical (unpaired) electrons. The maximum atomic E-state index is 5.97. The van der Waals surface area contributed by atoms with Crippen molar-refractivity contribution >= 4 is 0 Å². The Bertz CT molecular complexity index is 239. The lowest BCUT2D eigenvalue weighted by molar-refractivity contribution is -0.0138. The molecule has 0 aromatic heterocycles. The highest BCUT2D eigenvalue weighted by atomic mass is 16.5. The molecule has 3 heteroatoms. The van der Waals surface area contributed by atoms with Crippen LogP contribution >= 0.6 is 0 Å². The van der Waals surface area contributed by atoms with Crippen molar-refractivity contribution in [2.45, 2.75) is 70.1 Å². The van der Waals surface area contributed by atoms with Gasteiger partial charge in [0.05, 0.1) is 6.10 Å². The zero-order chi connectivity index (χ0) is 13.0. The molecule has 2 aliphatic rings. The van der Waals surface area contributed by atoms with E-state index in [0.29, 0.717) is 12.1 Å². The molecule has 2 atom stereocenters. The zero-order valence-electron chi connectivity index (χ0n) is 12.1. The first-order chi connectivity index (χ1) is 8.78. The van der Waals surface area contributed by atoms with Gasteiger partial charge in [0.15, 0.2) is 0 Å². The van der Waals surface area contributed by atoms with E-state index in [2.05, 4.69) is 11.8 Å². The molecular formula is C15H30N2O. The number of hydrogen-bond donors (Lipinski definition) is 1. The van der Waals surface area contributed by atoms with Crippen LogP contribution in [0.25, 0.3) is 0 Å². The number of methoxy groups -OCH3 is 1. The molecule has 18 heavy (non-hydrogen) atoms. The van der Waals surface area contributed by atoms with Crippen molar-refractivity contribution in [3.8, 4) is 0 Å². The number of nitrogens with two attached hydrogens (primary N) is 1. The van der Waals surface area contributed by atoms with Crippen LogP contribution in [0.1, 0.15) is 51.9 Å². The molecule has 2 fully saturated rings. The van der Waals surface area contributed by atoms with E-state index < -0.39 is 0 Å². The number of piperidine rings is 1. The van der Waals surface area contributed by atoms with Gasteiger partial charge in [-0.25, -0.2) is 0 Å². The Labute approximate surface area is 112 Å². The van der Waals surface area contributed by atoms with Crippen LogP contribution in [0, 0.1) is 5.92 Å². The van der Waals surface area contributed by atoms with Crippen LogP contribution in [-0.4, -0.2) is 43.3 Å². The van der Waals surface area contributed by atoms with Gasteiger partial charge in [-0.1, -0.05) is 13.3 Å². The quantitative estimate of drug-likeness (QED) is 0.837. The van der Waals surface area contributed by atoms with E-state index in [4.69, 9.17) is 10.5 Å². The summed E-state index contributed by atoms with van der Waals surface area (Å²) >= 11 is 0. The topological polar surface area (TPSA) is 38.5 Å². The largest absolute Gasteiger partial charge is 0.381 e. The summed E-state index contributed by atoms with van der Waals surface area (Å²) in [4.78, 5) is 2.70. The van der Waals surface area contributed by atoms with Gasteiger partial charge >= 0.3 is 0 Å². The van der Waals surface area contributed by atoms with Gasteiger partial charge in [-0.2, -0.15) is 0 Å². The number of rotatable bonds is 4. The minimum atomic E-state index is 0.432. The van der Waals surface area contributed by atoms with Gasteiger partial charge in [0.2, 0.25) is 0 Å². The molecule has 2 unspecified atom stereocenters. The zero-order valence-corrected chi connectivity index (χ0v) is 12.1. The molecule has 1 aliphatic heterocycles. The summed E-state index contributed by atoms with van der Waals surface area (Å²) in [6.45, 7) is 4.30. The van der Waals surface area contributed by atoms with E-state index in [-0.39, 0.29) is 0 Å². The van der Waals surface area contributed by atoms with Gasteiger partial charge in [0.25, 0.3) is 0 Å². The summed E-state index contributed by atoms with van der Waals surface area (Å²) in [5.41, 5.74) is 5.97. The van der Waals surface area contributed by atoms with Crippen molar-refractivity contribution in [2.24, 2.45) is 11.7 Å². The van der Waals surface area contributed by atoms with Gasteiger partial charge in [-0.15, -0.1) is 0 Å². The summed E-state index contributed by atoms with van der Waals surface area (Å²) in [6.07, 6.45) is 9.70. The summed E-state index contributed by atoms with van der Waals surface area (Å²) in [6, 6.07) is 1.34. The SMILES string of the molecule is CCC1CCC(N2CCC(OC)CC2CN)CC1. The number of likely N-dealkylation sites (tertiary alicyclic amines) is 1. The molecule has 0 aromatic rings. The lowest BCUT2D eigenvalue weighted by atomic mass is 9.82. The summed E-state index contributed by atoms with van der Waals surface area (Å²) in [7, 11) is 1.83. The maximum absolute atomic E-state index is 5.97. The minimum Gasteiger partial charge on any atom is -0.381 e. The Morgan fingerprint density at radius 3 is 2.44 bits per heavy atom. The van der Waals surface area contributed by atoms with Crippen LogP contribution in [-0.2, 0) is 4.74 Å². The van der Waals surface area contributed by atoms with Crippen molar-refractivity contribution < 1.29 is 4.74 Å².